The third kappa shape index (κ3) is 3.38. The summed E-state index contributed by atoms with van der Waals surface area (Å²) in [6.07, 6.45) is 0. The van der Waals surface area contributed by atoms with Crippen LogP contribution in [0.15, 0.2) is 41.4 Å². The van der Waals surface area contributed by atoms with E-state index >= 15 is 0 Å². The molecule has 3 aromatic rings. The number of aryl methyl sites for hydroxylation is 1. The Morgan fingerprint density at radius 1 is 1.18 bits per heavy atom. The van der Waals surface area contributed by atoms with Crippen molar-refractivity contribution in [3.63, 3.8) is 0 Å². The Bertz CT molecular complexity index is 1150. The van der Waals surface area contributed by atoms with Crippen LogP contribution in [0.5, 0.6) is 11.5 Å². The zero-order chi connectivity index (χ0) is 19.7. The molecule has 0 spiro atoms. The zero-order valence-corrected chi connectivity index (χ0v) is 16.2. The average Bonchev–Trinajstić information content (AvgIpc) is 3.02. The number of benzene rings is 2. The van der Waals surface area contributed by atoms with Gasteiger partial charge in [-0.3, -0.25) is 9.59 Å². The van der Waals surface area contributed by atoms with E-state index in [0.717, 1.165) is 15.8 Å². The van der Waals surface area contributed by atoms with Gasteiger partial charge in [0.1, 0.15) is 19.8 Å². The molecule has 8 heteroatoms. The molecule has 0 aliphatic carbocycles. The quantitative estimate of drug-likeness (QED) is 0.634. The Morgan fingerprint density at radius 3 is 2.61 bits per heavy atom. The lowest BCUT2D eigenvalue weighted by atomic mass is 10.1. The van der Waals surface area contributed by atoms with Crippen LogP contribution in [0.3, 0.4) is 0 Å². The molecule has 2 aromatic carbocycles. The van der Waals surface area contributed by atoms with E-state index < -0.39 is 5.97 Å². The van der Waals surface area contributed by atoms with Crippen molar-refractivity contribution < 1.29 is 23.8 Å². The summed E-state index contributed by atoms with van der Waals surface area (Å²) in [6, 6.07) is 10.9. The first-order valence-corrected chi connectivity index (χ1v) is 9.53. The van der Waals surface area contributed by atoms with Gasteiger partial charge in [-0.2, -0.15) is 4.99 Å². The van der Waals surface area contributed by atoms with Crippen molar-refractivity contribution in [3.05, 3.63) is 52.3 Å². The first kappa shape index (κ1) is 18.2. The second-order valence-electron chi connectivity index (χ2n) is 6.24. The van der Waals surface area contributed by atoms with Gasteiger partial charge in [0.25, 0.3) is 5.91 Å². The van der Waals surface area contributed by atoms with Crippen LogP contribution < -0.4 is 14.3 Å². The minimum absolute atomic E-state index is 0.0595. The topological polar surface area (TPSA) is 79.1 Å². The van der Waals surface area contributed by atoms with Gasteiger partial charge in [0.05, 0.1) is 17.3 Å². The maximum absolute atomic E-state index is 12.7. The predicted octanol–water partition coefficient (Wildman–Crippen LogP) is 2.70. The smallest absolute Gasteiger partial charge is 0.325 e. The second-order valence-corrected chi connectivity index (χ2v) is 7.25. The number of nitrogens with zero attached hydrogens (tertiary/aromatic N) is 2. The van der Waals surface area contributed by atoms with E-state index in [1.54, 1.807) is 22.8 Å². The van der Waals surface area contributed by atoms with Gasteiger partial charge in [-0.15, -0.1) is 0 Å². The summed E-state index contributed by atoms with van der Waals surface area (Å²) in [4.78, 5) is 29.4. The number of esters is 1. The molecule has 0 saturated carbocycles. The summed E-state index contributed by atoms with van der Waals surface area (Å²) in [5, 5.41) is 0. The normalized spacial score (nSPS) is 13.6. The molecule has 1 aromatic heterocycles. The van der Waals surface area contributed by atoms with Crippen LogP contribution in [0, 0.1) is 6.92 Å². The molecule has 0 radical (unpaired) electrons. The fourth-order valence-corrected chi connectivity index (χ4v) is 4.04. The summed E-state index contributed by atoms with van der Waals surface area (Å²) in [7, 11) is 1.32. The van der Waals surface area contributed by atoms with E-state index in [9.17, 15) is 9.59 Å². The summed E-state index contributed by atoms with van der Waals surface area (Å²) in [5.74, 6) is 0.453. The van der Waals surface area contributed by atoms with Crippen LogP contribution in [-0.4, -0.2) is 36.8 Å². The van der Waals surface area contributed by atoms with Crippen molar-refractivity contribution >= 4 is 33.4 Å². The van der Waals surface area contributed by atoms with Crippen molar-refractivity contribution in [1.82, 2.24) is 4.57 Å². The third-order valence-electron chi connectivity index (χ3n) is 4.43. The maximum Gasteiger partial charge on any atom is 0.325 e. The lowest BCUT2D eigenvalue weighted by Crippen LogP contribution is -2.22. The summed E-state index contributed by atoms with van der Waals surface area (Å²) in [5.41, 5.74) is 2.10. The number of methoxy groups -OCH3 is 1. The number of hydrogen-bond donors (Lipinski definition) is 0. The standard InChI is InChI=1S/C20H18N2O5S/c1-12-5-3-4-6-13(12)19(24)21-20-22(11-18(23)25-2)14-9-15-16(10-17(14)28-20)27-8-7-26-15/h3-6,9-10H,7-8,11H2,1-2H3. The van der Waals surface area contributed by atoms with E-state index in [-0.39, 0.29) is 12.5 Å². The van der Waals surface area contributed by atoms with Crippen molar-refractivity contribution in [2.45, 2.75) is 13.5 Å². The molecule has 1 amide bonds. The Morgan fingerprint density at radius 2 is 1.89 bits per heavy atom. The number of ether oxygens (including phenoxy) is 3. The van der Waals surface area contributed by atoms with Crippen molar-refractivity contribution in [1.29, 1.82) is 0 Å². The number of carbonyl (C=O) groups excluding carboxylic acids is 2. The van der Waals surface area contributed by atoms with Crippen LogP contribution in [0.2, 0.25) is 0 Å². The van der Waals surface area contributed by atoms with Gasteiger partial charge < -0.3 is 18.8 Å². The fraction of sp³-hybridized carbons (Fsp3) is 0.250. The predicted molar refractivity (Wildman–Crippen MR) is 104 cm³/mol. The number of aromatic nitrogens is 1. The highest BCUT2D eigenvalue weighted by molar-refractivity contribution is 7.16. The number of hydrogen-bond acceptors (Lipinski definition) is 6. The SMILES string of the molecule is COC(=O)Cn1c(=NC(=O)c2ccccc2C)sc2cc3c(cc21)OCCO3. The lowest BCUT2D eigenvalue weighted by Gasteiger charge is -2.18. The number of amides is 1. The molecule has 2 heterocycles. The average molecular weight is 398 g/mol. The molecule has 0 bridgehead atoms. The summed E-state index contributed by atoms with van der Waals surface area (Å²) in [6.45, 7) is 2.74. The molecule has 0 N–H and O–H groups in total. The van der Waals surface area contributed by atoms with Crippen LogP contribution >= 0.6 is 11.3 Å². The summed E-state index contributed by atoms with van der Waals surface area (Å²) >= 11 is 1.31. The molecule has 0 saturated heterocycles. The van der Waals surface area contributed by atoms with E-state index in [4.69, 9.17) is 14.2 Å². The first-order valence-electron chi connectivity index (χ1n) is 8.71. The molecule has 7 nitrogen and oxygen atoms in total. The van der Waals surface area contributed by atoms with Gasteiger partial charge in [-0.05, 0) is 18.6 Å². The number of rotatable bonds is 3. The zero-order valence-electron chi connectivity index (χ0n) is 15.4. The van der Waals surface area contributed by atoms with Crippen molar-refractivity contribution in [2.75, 3.05) is 20.3 Å². The molecule has 28 heavy (non-hydrogen) atoms. The lowest BCUT2D eigenvalue weighted by molar-refractivity contribution is -0.141. The molecular formula is C20H18N2O5S. The Hall–Kier alpha value is -3.13. The first-order chi connectivity index (χ1) is 13.6. The largest absolute Gasteiger partial charge is 0.486 e. The number of thiazole rings is 1. The minimum Gasteiger partial charge on any atom is -0.486 e. The molecular weight excluding hydrogens is 380 g/mol. The molecule has 0 unspecified atom stereocenters. The highest BCUT2D eigenvalue weighted by atomic mass is 32.1. The van der Waals surface area contributed by atoms with E-state index in [2.05, 4.69) is 4.99 Å². The molecule has 1 aliphatic heterocycles. The summed E-state index contributed by atoms with van der Waals surface area (Å²) < 4.78 is 18.6. The highest BCUT2D eigenvalue weighted by Gasteiger charge is 2.18. The number of carbonyl (C=O) groups is 2. The molecule has 4 rings (SSSR count). The maximum atomic E-state index is 12.7. The van der Waals surface area contributed by atoms with Gasteiger partial charge in [0, 0.05) is 17.7 Å². The van der Waals surface area contributed by atoms with Gasteiger partial charge >= 0.3 is 5.97 Å². The number of fused-ring (bicyclic) bond motifs is 2. The second kappa shape index (κ2) is 7.47. The van der Waals surface area contributed by atoms with Crippen molar-refractivity contribution in [2.24, 2.45) is 4.99 Å². The Labute approximate surface area is 164 Å². The Balaban J connectivity index is 1.88. The molecule has 1 aliphatic rings. The van der Waals surface area contributed by atoms with Crippen LogP contribution in [0.4, 0.5) is 0 Å². The van der Waals surface area contributed by atoms with Crippen LogP contribution in [0.25, 0.3) is 10.2 Å². The highest BCUT2D eigenvalue weighted by Crippen LogP contribution is 2.35. The fourth-order valence-electron chi connectivity index (χ4n) is 3.00. The third-order valence-corrected chi connectivity index (χ3v) is 5.48. The van der Waals surface area contributed by atoms with E-state index in [1.165, 1.54) is 18.4 Å². The van der Waals surface area contributed by atoms with Gasteiger partial charge in [0.2, 0.25) is 0 Å². The Kier molecular flexibility index (Phi) is 4.87. The van der Waals surface area contributed by atoms with Gasteiger partial charge in [-0.25, -0.2) is 0 Å². The van der Waals surface area contributed by atoms with E-state index in [0.29, 0.717) is 35.1 Å². The molecule has 144 valence electrons. The molecule has 0 fully saturated rings. The van der Waals surface area contributed by atoms with Gasteiger partial charge in [-0.1, -0.05) is 29.5 Å². The van der Waals surface area contributed by atoms with Crippen LogP contribution in [-0.2, 0) is 16.1 Å². The van der Waals surface area contributed by atoms with Crippen LogP contribution in [0.1, 0.15) is 15.9 Å². The molecule has 0 atom stereocenters. The van der Waals surface area contributed by atoms with Crippen molar-refractivity contribution in [3.8, 4) is 11.5 Å². The van der Waals surface area contributed by atoms with Gasteiger partial charge in [0.15, 0.2) is 16.3 Å². The minimum atomic E-state index is -0.431. The van der Waals surface area contributed by atoms with E-state index in [1.807, 2.05) is 25.1 Å². The monoisotopic (exact) mass is 398 g/mol.